The molecular weight excluding hydrogens is 382 g/mol. The van der Waals surface area contributed by atoms with E-state index in [4.69, 9.17) is 16.0 Å². The van der Waals surface area contributed by atoms with Crippen molar-refractivity contribution in [1.29, 1.82) is 0 Å². The Labute approximate surface area is 165 Å². The lowest BCUT2D eigenvalue weighted by Crippen LogP contribution is -2.23. The molecule has 1 aliphatic heterocycles. The molecule has 0 spiro atoms. The fourth-order valence-corrected chi connectivity index (χ4v) is 3.74. The number of likely N-dealkylation sites (N-methyl/N-ethyl adjacent to an activating group) is 1. The number of aliphatic imine (C=N–C) groups is 1. The van der Waals surface area contributed by atoms with Crippen molar-refractivity contribution < 1.29 is 9.21 Å². The van der Waals surface area contributed by atoms with Crippen molar-refractivity contribution in [1.82, 2.24) is 9.88 Å². The average molecular weight is 396 g/mol. The molecular formula is C20H14ClN3O2S. The van der Waals surface area contributed by atoms with Gasteiger partial charge in [-0.25, -0.2) is 4.99 Å². The Bertz CT molecular complexity index is 1060. The zero-order chi connectivity index (χ0) is 18.8. The molecule has 1 amide bonds. The molecule has 134 valence electrons. The van der Waals surface area contributed by atoms with Gasteiger partial charge in [-0.15, -0.1) is 0 Å². The number of nitrogens with zero attached hydrogens (tertiary/aromatic N) is 3. The third-order valence-corrected chi connectivity index (χ3v) is 5.30. The smallest absolute Gasteiger partial charge is 0.266 e. The molecule has 4 rings (SSSR count). The van der Waals surface area contributed by atoms with E-state index in [1.807, 2.05) is 42.5 Å². The maximum absolute atomic E-state index is 12.5. The zero-order valence-corrected chi connectivity index (χ0v) is 15.9. The highest BCUT2D eigenvalue weighted by Gasteiger charge is 2.30. The summed E-state index contributed by atoms with van der Waals surface area (Å²) in [6.45, 7) is 0. The van der Waals surface area contributed by atoms with Gasteiger partial charge in [-0.2, -0.15) is 0 Å². The number of amidine groups is 1. The molecule has 0 unspecified atom stereocenters. The Kier molecular flexibility index (Phi) is 4.83. The van der Waals surface area contributed by atoms with Gasteiger partial charge in [-0.3, -0.25) is 14.7 Å². The van der Waals surface area contributed by atoms with Crippen LogP contribution in [-0.2, 0) is 4.79 Å². The minimum absolute atomic E-state index is 0.127. The topological polar surface area (TPSA) is 58.7 Å². The van der Waals surface area contributed by atoms with Crippen LogP contribution in [0.25, 0.3) is 17.4 Å². The molecule has 1 aromatic carbocycles. The highest BCUT2D eigenvalue weighted by molar-refractivity contribution is 8.18. The van der Waals surface area contributed by atoms with E-state index in [-0.39, 0.29) is 5.91 Å². The van der Waals surface area contributed by atoms with Gasteiger partial charge < -0.3 is 4.42 Å². The predicted octanol–water partition coefficient (Wildman–Crippen LogP) is 5.23. The molecule has 0 bridgehead atoms. The first-order chi connectivity index (χ1) is 13.1. The summed E-state index contributed by atoms with van der Waals surface area (Å²) in [5, 5.41) is 1.21. The number of thioether (sulfide) groups is 1. The van der Waals surface area contributed by atoms with Crippen molar-refractivity contribution >= 4 is 46.2 Å². The molecule has 0 N–H and O–H groups in total. The Morgan fingerprint density at radius 2 is 2.04 bits per heavy atom. The van der Waals surface area contributed by atoms with Crippen LogP contribution in [0.3, 0.4) is 0 Å². The van der Waals surface area contributed by atoms with Crippen molar-refractivity contribution in [2.24, 2.45) is 4.99 Å². The SMILES string of the molecule is CN1C(=O)/C(=C\c2ccc(-c3ccccc3Cl)o2)SC1=Nc1cccnc1. The van der Waals surface area contributed by atoms with E-state index in [0.29, 0.717) is 32.3 Å². The molecule has 2 aromatic heterocycles. The number of aromatic nitrogens is 1. The average Bonchev–Trinajstić information content (AvgIpc) is 3.24. The second-order valence-electron chi connectivity index (χ2n) is 5.76. The lowest BCUT2D eigenvalue weighted by atomic mass is 10.2. The number of hydrogen-bond acceptors (Lipinski definition) is 5. The van der Waals surface area contributed by atoms with Crippen LogP contribution in [0, 0.1) is 0 Å². The molecule has 3 aromatic rings. The van der Waals surface area contributed by atoms with Crippen LogP contribution in [0.15, 0.2) is 75.2 Å². The predicted molar refractivity (Wildman–Crippen MR) is 109 cm³/mol. The number of carbonyl (C=O) groups is 1. The van der Waals surface area contributed by atoms with Crippen LogP contribution in [0.2, 0.25) is 5.02 Å². The highest BCUT2D eigenvalue weighted by Crippen LogP contribution is 2.34. The highest BCUT2D eigenvalue weighted by atomic mass is 35.5. The fourth-order valence-electron chi connectivity index (χ4n) is 2.55. The van der Waals surface area contributed by atoms with Gasteiger partial charge >= 0.3 is 0 Å². The standard InChI is InChI=1S/C20H14ClN3O2S/c1-24-19(25)18(27-20(24)23-13-5-4-10-22-12-13)11-14-8-9-17(26-14)15-6-2-3-7-16(15)21/h2-12H,1H3/b18-11+,23-20?. The van der Waals surface area contributed by atoms with Gasteiger partial charge in [-0.1, -0.05) is 23.7 Å². The minimum atomic E-state index is -0.127. The monoisotopic (exact) mass is 395 g/mol. The molecule has 1 fully saturated rings. The van der Waals surface area contributed by atoms with Gasteiger partial charge in [0.05, 0.1) is 21.8 Å². The molecule has 1 saturated heterocycles. The zero-order valence-electron chi connectivity index (χ0n) is 14.3. The maximum Gasteiger partial charge on any atom is 0.266 e. The minimum Gasteiger partial charge on any atom is -0.457 e. The molecule has 0 aliphatic carbocycles. The summed E-state index contributed by atoms with van der Waals surface area (Å²) in [6, 6.07) is 14.8. The first-order valence-corrected chi connectivity index (χ1v) is 9.32. The summed E-state index contributed by atoms with van der Waals surface area (Å²) in [5.74, 6) is 1.11. The number of rotatable bonds is 3. The summed E-state index contributed by atoms with van der Waals surface area (Å²) in [5.41, 5.74) is 1.50. The molecule has 0 radical (unpaired) electrons. The van der Waals surface area contributed by atoms with E-state index in [1.165, 1.54) is 16.7 Å². The third kappa shape index (κ3) is 3.67. The number of furan rings is 1. The van der Waals surface area contributed by atoms with Crippen molar-refractivity contribution in [2.45, 2.75) is 0 Å². The summed E-state index contributed by atoms with van der Waals surface area (Å²) in [7, 11) is 1.70. The normalized spacial score (nSPS) is 17.3. The number of carbonyl (C=O) groups excluding carboxylic acids is 1. The van der Waals surface area contributed by atoms with Gasteiger partial charge in [0.1, 0.15) is 11.5 Å². The lowest BCUT2D eigenvalue weighted by Gasteiger charge is -2.06. The first-order valence-electron chi connectivity index (χ1n) is 8.13. The second-order valence-corrected chi connectivity index (χ2v) is 7.18. The molecule has 7 heteroatoms. The van der Waals surface area contributed by atoms with Crippen LogP contribution in [0.1, 0.15) is 5.76 Å². The molecule has 0 atom stereocenters. The van der Waals surface area contributed by atoms with Gasteiger partial charge in [0, 0.05) is 24.9 Å². The Morgan fingerprint density at radius 3 is 2.81 bits per heavy atom. The quantitative estimate of drug-likeness (QED) is 0.570. The molecule has 5 nitrogen and oxygen atoms in total. The largest absolute Gasteiger partial charge is 0.457 e. The molecule has 1 aliphatic rings. The second kappa shape index (κ2) is 7.42. The van der Waals surface area contributed by atoms with Gasteiger partial charge in [0.2, 0.25) is 0 Å². The number of amides is 1. The van der Waals surface area contributed by atoms with E-state index in [9.17, 15) is 4.79 Å². The van der Waals surface area contributed by atoms with Crippen molar-refractivity contribution in [2.75, 3.05) is 7.05 Å². The number of benzene rings is 1. The summed E-state index contributed by atoms with van der Waals surface area (Å²) in [4.78, 5) is 23.1. The van der Waals surface area contributed by atoms with Gasteiger partial charge in [0.25, 0.3) is 5.91 Å². The summed E-state index contributed by atoms with van der Waals surface area (Å²) < 4.78 is 5.85. The Morgan fingerprint density at radius 1 is 1.19 bits per heavy atom. The molecule has 0 saturated carbocycles. The van der Waals surface area contributed by atoms with Crippen LogP contribution >= 0.6 is 23.4 Å². The van der Waals surface area contributed by atoms with Gasteiger partial charge in [-0.05, 0) is 48.2 Å². The van der Waals surface area contributed by atoms with Crippen LogP contribution in [-0.4, -0.2) is 28.0 Å². The first kappa shape index (κ1) is 17.6. The van der Waals surface area contributed by atoms with Crippen molar-refractivity contribution in [3.05, 3.63) is 76.6 Å². The maximum atomic E-state index is 12.5. The summed E-state index contributed by atoms with van der Waals surface area (Å²) in [6.07, 6.45) is 5.05. The molecule has 27 heavy (non-hydrogen) atoms. The Hall–Kier alpha value is -2.83. The van der Waals surface area contributed by atoms with Crippen molar-refractivity contribution in [3.8, 4) is 11.3 Å². The summed E-state index contributed by atoms with van der Waals surface area (Å²) >= 11 is 7.51. The molecule has 3 heterocycles. The van der Waals surface area contributed by atoms with E-state index < -0.39 is 0 Å². The van der Waals surface area contributed by atoms with Crippen LogP contribution in [0.4, 0.5) is 5.69 Å². The van der Waals surface area contributed by atoms with Crippen molar-refractivity contribution in [3.63, 3.8) is 0 Å². The Balaban J connectivity index is 1.61. The number of pyridine rings is 1. The van der Waals surface area contributed by atoms with E-state index >= 15 is 0 Å². The van der Waals surface area contributed by atoms with E-state index in [0.717, 1.165) is 5.56 Å². The van der Waals surface area contributed by atoms with Gasteiger partial charge in [0.15, 0.2) is 5.17 Å². The van der Waals surface area contributed by atoms with Crippen LogP contribution < -0.4 is 0 Å². The fraction of sp³-hybridized carbons (Fsp3) is 0.0500. The van der Waals surface area contributed by atoms with E-state index in [2.05, 4.69) is 9.98 Å². The number of hydrogen-bond donors (Lipinski definition) is 0. The van der Waals surface area contributed by atoms with E-state index in [1.54, 1.807) is 31.6 Å². The van der Waals surface area contributed by atoms with Crippen LogP contribution in [0.5, 0.6) is 0 Å². The number of halogens is 1. The third-order valence-electron chi connectivity index (χ3n) is 3.91. The lowest BCUT2D eigenvalue weighted by molar-refractivity contribution is -0.121.